The molecule has 2 aromatic carbocycles. The highest BCUT2D eigenvalue weighted by atomic mass is 35.5. The number of hydrogen-bond donors (Lipinski definition) is 2. The van der Waals surface area contributed by atoms with Gasteiger partial charge in [-0.15, -0.1) is 0 Å². The van der Waals surface area contributed by atoms with Gasteiger partial charge in [0.2, 0.25) is 0 Å². The van der Waals surface area contributed by atoms with Crippen molar-refractivity contribution in [3.8, 4) is 11.3 Å². The van der Waals surface area contributed by atoms with Crippen LogP contribution in [0, 0.1) is 0 Å². The first-order chi connectivity index (χ1) is 14.1. The number of nitrogens with zero attached hydrogens (tertiary/aromatic N) is 3. The number of anilines is 1. The molecule has 2 aromatic heterocycles. The van der Waals surface area contributed by atoms with Crippen LogP contribution in [0.25, 0.3) is 22.0 Å². The summed E-state index contributed by atoms with van der Waals surface area (Å²) in [6.45, 7) is 0.504. The smallest absolute Gasteiger partial charge is 0.131 e. The van der Waals surface area contributed by atoms with Crippen LogP contribution in [0.5, 0.6) is 0 Å². The Morgan fingerprint density at radius 3 is 2.17 bits per heavy atom. The number of halogens is 1. The molecule has 0 aliphatic rings. The minimum absolute atomic E-state index is 0.383. The molecule has 4 rings (SSSR count). The number of aromatic nitrogens is 3. The Bertz CT molecular complexity index is 1140. The van der Waals surface area contributed by atoms with Crippen LogP contribution in [0.3, 0.4) is 0 Å². The Balaban J connectivity index is 1.87. The molecule has 6 heteroatoms. The Hall–Kier alpha value is -3.57. The number of pyridine rings is 1. The maximum absolute atomic E-state index is 6.78. The summed E-state index contributed by atoms with van der Waals surface area (Å²) in [5.41, 5.74) is 17.5. The molecule has 0 saturated carbocycles. The number of nitrogens with two attached hydrogens (primary N) is 2. The van der Waals surface area contributed by atoms with Crippen molar-refractivity contribution < 1.29 is 0 Å². The van der Waals surface area contributed by atoms with Gasteiger partial charge in [0.1, 0.15) is 11.5 Å². The standard InChI is InChI=1S/C23H20ClN5/c24-20(21(25)17-7-3-1-4-8-17)19-22(18-9-5-2-6-10-18)28-29(23(19)26)15-16-11-13-27-14-12-16/h1-14H,15,25-26H2/b21-20+. The Kier molecular flexibility index (Phi) is 5.31. The van der Waals surface area contributed by atoms with Crippen molar-refractivity contribution in [2.24, 2.45) is 5.73 Å². The molecule has 0 atom stereocenters. The van der Waals surface area contributed by atoms with Gasteiger partial charge in [0.15, 0.2) is 0 Å². The molecule has 29 heavy (non-hydrogen) atoms. The summed E-state index contributed by atoms with van der Waals surface area (Å²) in [7, 11) is 0. The van der Waals surface area contributed by atoms with Gasteiger partial charge in [-0.05, 0) is 23.3 Å². The average molecular weight is 402 g/mol. The molecule has 4 N–H and O–H groups in total. The van der Waals surface area contributed by atoms with Gasteiger partial charge in [-0.2, -0.15) is 5.10 Å². The summed E-state index contributed by atoms with van der Waals surface area (Å²) in [5.74, 6) is 0.463. The second kappa shape index (κ2) is 8.20. The zero-order valence-electron chi connectivity index (χ0n) is 15.7. The molecule has 0 aliphatic heterocycles. The summed E-state index contributed by atoms with van der Waals surface area (Å²) in [4.78, 5) is 4.06. The third-order valence-electron chi connectivity index (χ3n) is 4.66. The van der Waals surface area contributed by atoms with Gasteiger partial charge < -0.3 is 11.5 Å². The van der Waals surface area contributed by atoms with Crippen LogP contribution in [0.4, 0.5) is 5.82 Å². The quantitative estimate of drug-likeness (QED) is 0.512. The maximum Gasteiger partial charge on any atom is 0.131 e. The minimum Gasteiger partial charge on any atom is -0.397 e. The lowest BCUT2D eigenvalue weighted by molar-refractivity contribution is 0.699. The summed E-state index contributed by atoms with van der Waals surface area (Å²) < 4.78 is 1.74. The predicted molar refractivity (Wildman–Crippen MR) is 119 cm³/mol. The lowest BCUT2D eigenvalue weighted by Crippen LogP contribution is -2.07. The summed E-state index contributed by atoms with van der Waals surface area (Å²) in [6, 6.07) is 23.3. The molecular formula is C23H20ClN5. The van der Waals surface area contributed by atoms with Crippen LogP contribution in [0.15, 0.2) is 85.2 Å². The van der Waals surface area contributed by atoms with E-state index in [-0.39, 0.29) is 0 Å². The van der Waals surface area contributed by atoms with Gasteiger partial charge >= 0.3 is 0 Å². The number of hydrogen-bond acceptors (Lipinski definition) is 4. The molecule has 0 radical (unpaired) electrons. The topological polar surface area (TPSA) is 82.8 Å². The lowest BCUT2D eigenvalue weighted by Gasteiger charge is -2.09. The fourth-order valence-corrected chi connectivity index (χ4v) is 3.45. The first kappa shape index (κ1) is 18.8. The Labute approximate surface area is 174 Å². The van der Waals surface area contributed by atoms with Crippen LogP contribution in [-0.2, 0) is 6.54 Å². The molecular weight excluding hydrogens is 382 g/mol. The van der Waals surface area contributed by atoms with Crippen LogP contribution in [0.2, 0.25) is 0 Å². The highest BCUT2D eigenvalue weighted by Crippen LogP contribution is 2.38. The summed E-state index contributed by atoms with van der Waals surface area (Å²) in [6.07, 6.45) is 3.49. The monoisotopic (exact) mass is 401 g/mol. The third-order valence-corrected chi connectivity index (χ3v) is 5.05. The van der Waals surface area contributed by atoms with Gasteiger partial charge in [0, 0.05) is 18.0 Å². The van der Waals surface area contributed by atoms with Crippen LogP contribution in [0.1, 0.15) is 16.7 Å². The molecule has 4 aromatic rings. The highest BCUT2D eigenvalue weighted by molar-refractivity contribution is 6.53. The van der Waals surface area contributed by atoms with E-state index in [9.17, 15) is 0 Å². The van der Waals surface area contributed by atoms with E-state index in [0.29, 0.717) is 34.3 Å². The number of rotatable bonds is 5. The molecule has 5 nitrogen and oxygen atoms in total. The average Bonchev–Trinajstić information content (AvgIpc) is 3.10. The number of nitrogen functional groups attached to an aromatic ring is 1. The van der Waals surface area contributed by atoms with E-state index in [1.54, 1.807) is 17.1 Å². The first-order valence-electron chi connectivity index (χ1n) is 9.17. The van der Waals surface area contributed by atoms with Crippen molar-refractivity contribution in [2.45, 2.75) is 6.54 Å². The highest BCUT2D eigenvalue weighted by Gasteiger charge is 2.22. The molecule has 144 valence electrons. The van der Waals surface area contributed by atoms with Crippen LogP contribution in [-0.4, -0.2) is 14.8 Å². The summed E-state index contributed by atoms with van der Waals surface area (Å²) >= 11 is 6.78. The van der Waals surface area contributed by atoms with E-state index >= 15 is 0 Å². The normalized spacial score (nSPS) is 11.9. The third kappa shape index (κ3) is 3.86. The van der Waals surface area contributed by atoms with Gasteiger partial charge in [-0.25, -0.2) is 4.68 Å². The van der Waals surface area contributed by atoms with Gasteiger partial charge in [0.25, 0.3) is 0 Å². The fraction of sp³-hybridized carbons (Fsp3) is 0.0435. The van der Waals surface area contributed by atoms with Crippen molar-refractivity contribution in [3.63, 3.8) is 0 Å². The molecule has 2 heterocycles. The molecule has 0 saturated heterocycles. The van der Waals surface area contributed by atoms with E-state index in [1.165, 1.54) is 0 Å². The van der Waals surface area contributed by atoms with E-state index < -0.39 is 0 Å². The summed E-state index contributed by atoms with van der Waals surface area (Å²) in [5, 5.41) is 5.15. The lowest BCUT2D eigenvalue weighted by atomic mass is 10.0. The first-order valence-corrected chi connectivity index (χ1v) is 9.54. The van der Waals surface area contributed by atoms with Gasteiger partial charge in [0.05, 0.1) is 22.8 Å². The fourth-order valence-electron chi connectivity index (χ4n) is 3.15. The Morgan fingerprint density at radius 2 is 1.52 bits per heavy atom. The molecule has 0 spiro atoms. The van der Waals surface area contributed by atoms with E-state index in [2.05, 4.69) is 4.98 Å². The predicted octanol–water partition coefficient (Wildman–Crippen LogP) is 4.60. The second-order valence-electron chi connectivity index (χ2n) is 6.58. The molecule has 0 aliphatic carbocycles. The molecule has 0 unspecified atom stereocenters. The number of benzene rings is 2. The van der Waals surface area contributed by atoms with E-state index in [4.69, 9.17) is 28.2 Å². The minimum atomic E-state index is 0.383. The van der Waals surface area contributed by atoms with E-state index in [0.717, 1.165) is 16.7 Å². The second-order valence-corrected chi connectivity index (χ2v) is 6.96. The van der Waals surface area contributed by atoms with Crippen LogP contribution < -0.4 is 11.5 Å². The van der Waals surface area contributed by atoms with Crippen molar-refractivity contribution >= 4 is 28.1 Å². The van der Waals surface area contributed by atoms with Gasteiger partial charge in [-0.3, -0.25) is 4.98 Å². The van der Waals surface area contributed by atoms with Crippen molar-refractivity contribution in [3.05, 3.63) is 102 Å². The van der Waals surface area contributed by atoms with Crippen molar-refractivity contribution in [2.75, 3.05) is 5.73 Å². The van der Waals surface area contributed by atoms with Crippen LogP contribution >= 0.6 is 11.6 Å². The molecule has 0 fully saturated rings. The van der Waals surface area contributed by atoms with E-state index in [1.807, 2.05) is 72.8 Å². The SMILES string of the molecule is N/C(=C(/Cl)c1c(-c2ccccc2)nn(Cc2ccncc2)c1N)c1ccccc1. The zero-order chi connectivity index (χ0) is 20.2. The van der Waals surface area contributed by atoms with Gasteiger partial charge in [-0.1, -0.05) is 72.3 Å². The molecule has 0 bridgehead atoms. The van der Waals surface area contributed by atoms with Crippen molar-refractivity contribution in [1.29, 1.82) is 0 Å². The zero-order valence-corrected chi connectivity index (χ0v) is 16.4. The van der Waals surface area contributed by atoms with Crippen molar-refractivity contribution in [1.82, 2.24) is 14.8 Å². The Morgan fingerprint density at radius 1 is 0.897 bits per heavy atom. The maximum atomic E-state index is 6.78. The molecule has 0 amide bonds. The largest absolute Gasteiger partial charge is 0.397 e.